The van der Waals surface area contributed by atoms with Gasteiger partial charge in [-0.2, -0.15) is 5.10 Å². The summed E-state index contributed by atoms with van der Waals surface area (Å²) in [6.45, 7) is 4.22. The third-order valence-electron chi connectivity index (χ3n) is 3.88. The fourth-order valence-corrected chi connectivity index (χ4v) is 2.86. The SMILES string of the molecule is CC1CCCC(CN)N1CCc1cnn(C)c1. The van der Waals surface area contributed by atoms with Crippen molar-refractivity contribution in [2.75, 3.05) is 13.1 Å². The second-order valence-corrected chi connectivity index (χ2v) is 5.18. The number of likely N-dealkylation sites (tertiary alicyclic amines) is 1. The molecule has 4 heteroatoms. The molecular weight excluding hydrogens is 212 g/mol. The molecule has 1 aliphatic rings. The lowest BCUT2D eigenvalue weighted by Crippen LogP contribution is -2.49. The minimum absolute atomic E-state index is 0.579. The van der Waals surface area contributed by atoms with Crippen LogP contribution in [0.3, 0.4) is 0 Å². The summed E-state index contributed by atoms with van der Waals surface area (Å²) in [5.41, 5.74) is 7.19. The summed E-state index contributed by atoms with van der Waals surface area (Å²) in [4.78, 5) is 2.58. The molecule has 96 valence electrons. The maximum absolute atomic E-state index is 5.87. The van der Waals surface area contributed by atoms with Crippen molar-refractivity contribution in [2.45, 2.75) is 44.7 Å². The number of nitrogens with two attached hydrogens (primary N) is 1. The zero-order valence-corrected chi connectivity index (χ0v) is 11.0. The first-order chi connectivity index (χ1) is 8.20. The van der Waals surface area contributed by atoms with Crippen molar-refractivity contribution in [1.29, 1.82) is 0 Å². The Kier molecular flexibility index (Phi) is 4.18. The molecule has 1 aliphatic heterocycles. The summed E-state index contributed by atoms with van der Waals surface area (Å²) >= 11 is 0. The van der Waals surface area contributed by atoms with E-state index in [1.54, 1.807) is 0 Å². The highest BCUT2D eigenvalue weighted by Crippen LogP contribution is 2.22. The molecular formula is C13H24N4. The highest BCUT2D eigenvalue weighted by molar-refractivity contribution is 5.04. The average Bonchev–Trinajstić information content (AvgIpc) is 2.73. The Labute approximate surface area is 104 Å². The van der Waals surface area contributed by atoms with Crippen molar-refractivity contribution in [2.24, 2.45) is 12.8 Å². The molecule has 2 rings (SSSR count). The largest absolute Gasteiger partial charge is 0.329 e. The highest BCUT2D eigenvalue weighted by Gasteiger charge is 2.26. The summed E-state index contributed by atoms with van der Waals surface area (Å²) < 4.78 is 1.87. The third-order valence-corrected chi connectivity index (χ3v) is 3.88. The number of nitrogens with zero attached hydrogens (tertiary/aromatic N) is 3. The van der Waals surface area contributed by atoms with Gasteiger partial charge in [-0.15, -0.1) is 0 Å². The third kappa shape index (κ3) is 3.07. The molecule has 1 aromatic heterocycles. The first kappa shape index (κ1) is 12.6. The van der Waals surface area contributed by atoms with E-state index >= 15 is 0 Å². The van der Waals surface area contributed by atoms with Gasteiger partial charge in [0.2, 0.25) is 0 Å². The van der Waals surface area contributed by atoms with E-state index in [9.17, 15) is 0 Å². The number of piperidine rings is 1. The van der Waals surface area contributed by atoms with Crippen LogP contribution in [-0.4, -0.2) is 39.9 Å². The molecule has 0 radical (unpaired) electrons. The Bertz CT molecular complexity index is 347. The maximum atomic E-state index is 5.87. The first-order valence-corrected chi connectivity index (χ1v) is 6.64. The van der Waals surface area contributed by atoms with Crippen molar-refractivity contribution in [3.8, 4) is 0 Å². The summed E-state index contributed by atoms with van der Waals surface area (Å²) in [6.07, 6.45) is 9.04. The average molecular weight is 236 g/mol. The molecule has 1 saturated heterocycles. The molecule has 0 spiro atoms. The van der Waals surface area contributed by atoms with E-state index in [1.165, 1.54) is 24.8 Å². The Hall–Kier alpha value is -0.870. The molecule has 2 unspecified atom stereocenters. The van der Waals surface area contributed by atoms with Crippen LogP contribution in [0.1, 0.15) is 31.7 Å². The Morgan fingerprint density at radius 3 is 2.94 bits per heavy atom. The van der Waals surface area contributed by atoms with Crippen LogP contribution in [-0.2, 0) is 13.5 Å². The second-order valence-electron chi connectivity index (χ2n) is 5.18. The van der Waals surface area contributed by atoms with E-state index in [-0.39, 0.29) is 0 Å². The summed E-state index contributed by atoms with van der Waals surface area (Å²) in [7, 11) is 1.97. The second kappa shape index (κ2) is 5.65. The van der Waals surface area contributed by atoms with Crippen LogP contribution in [0.2, 0.25) is 0 Å². The standard InChI is InChI=1S/C13H24N4/c1-11-4-3-5-13(8-14)17(11)7-6-12-9-15-16(2)10-12/h9-11,13H,3-8,14H2,1-2H3. The normalized spacial score (nSPS) is 26.3. The Balaban J connectivity index is 1.91. The molecule has 2 atom stereocenters. The Morgan fingerprint density at radius 1 is 1.47 bits per heavy atom. The summed E-state index contributed by atoms with van der Waals surface area (Å²) in [5, 5.41) is 4.21. The van der Waals surface area contributed by atoms with Gasteiger partial charge in [-0.3, -0.25) is 9.58 Å². The molecule has 0 bridgehead atoms. The highest BCUT2D eigenvalue weighted by atomic mass is 15.2. The van der Waals surface area contributed by atoms with Crippen LogP contribution in [0, 0.1) is 0 Å². The smallest absolute Gasteiger partial charge is 0.0522 e. The van der Waals surface area contributed by atoms with E-state index in [1.807, 2.05) is 17.9 Å². The van der Waals surface area contributed by atoms with Gasteiger partial charge in [0.05, 0.1) is 6.20 Å². The van der Waals surface area contributed by atoms with E-state index in [0.717, 1.165) is 19.5 Å². The van der Waals surface area contributed by atoms with E-state index in [4.69, 9.17) is 5.73 Å². The topological polar surface area (TPSA) is 47.1 Å². The molecule has 17 heavy (non-hydrogen) atoms. The molecule has 0 amide bonds. The van der Waals surface area contributed by atoms with Gasteiger partial charge >= 0.3 is 0 Å². The van der Waals surface area contributed by atoms with E-state index in [2.05, 4.69) is 23.1 Å². The van der Waals surface area contributed by atoms with Gasteiger partial charge in [0, 0.05) is 38.4 Å². The monoisotopic (exact) mass is 236 g/mol. The van der Waals surface area contributed by atoms with Gasteiger partial charge < -0.3 is 5.73 Å². The molecule has 4 nitrogen and oxygen atoms in total. The number of hydrogen-bond acceptors (Lipinski definition) is 3. The van der Waals surface area contributed by atoms with Crippen molar-refractivity contribution in [3.05, 3.63) is 18.0 Å². The van der Waals surface area contributed by atoms with Crippen molar-refractivity contribution >= 4 is 0 Å². The van der Waals surface area contributed by atoms with E-state index in [0.29, 0.717) is 12.1 Å². The molecule has 2 heterocycles. The summed E-state index contributed by atoms with van der Waals surface area (Å²) in [5.74, 6) is 0. The van der Waals surface area contributed by atoms with Crippen LogP contribution in [0.4, 0.5) is 0 Å². The van der Waals surface area contributed by atoms with Gasteiger partial charge in [-0.25, -0.2) is 0 Å². The Morgan fingerprint density at radius 2 is 2.29 bits per heavy atom. The lowest BCUT2D eigenvalue weighted by Gasteiger charge is -2.40. The minimum atomic E-state index is 0.579. The quantitative estimate of drug-likeness (QED) is 0.853. The van der Waals surface area contributed by atoms with Crippen LogP contribution >= 0.6 is 0 Å². The molecule has 0 aliphatic carbocycles. The van der Waals surface area contributed by atoms with Crippen molar-refractivity contribution < 1.29 is 0 Å². The number of rotatable bonds is 4. The van der Waals surface area contributed by atoms with Crippen LogP contribution < -0.4 is 5.73 Å². The lowest BCUT2D eigenvalue weighted by atomic mass is 9.96. The van der Waals surface area contributed by atoms with Crippen molar-refractivity contribution in [1.82, 2.24) is 14.7 Å². The van der Waals surface area contributed by atoms with Crippen molar-refractivity contribution in [3.63, 3.8) is 0 Å². The van der Waals surface area contributed by atoms with Gasteiger partial charge in [0.1, 0.15) is 0 Å². The predicted molar refractivity (Wildman–Crippen MR) is 69.8 cm³/mol. The predicted octanol–water partition coefficient (Wildman–Crippen LogP) is 1.16. The number of hydrogen-bond donors (Lipinski definition) is 1. The van der Waals surface area contributed by atoms with Crippen LogP contribution in [0.15, 0.2) is 12.4 Å². The molecule has 1 aromatic rings. The summed E-state index contributed by atoms with van der Waals surface area (Å²) in [6, 6.07) is 1.25. The van der Waals surface area contributed by atoms with Crippen LogP contribution in [0.25, 0.3) is 0 Å². The van der Waals surface area contributed by atoms with Crippen LogP contribution in [0.5, 0.6) is 0 Å². The maximum Gasteiger partial charge on any atom is 0.0522 e. The van der Waals surface area contributed by atoms with Gasteiger partial charge in [-0.1, -0.05) is 6.42 Å². The molecule has 1 fully saturated rings. The molecule has 2 N–H and O–H groups in total. The van der Waals surface area contributed by atoms with Gasteiger partial charge in [-0.05, 0) is 31.7 Å². The van der Waals surface area contributed by atoms with Gasteiger partial charge in [0.25, 0.3) is 0 Å². The first-order valence-electron chi connectivity index (χ1n) is 6.64. The molecule has 0 aromatic carbocycles. The zero-order valence-electron chi connectivity index (χ0n) is 11.0. The molecule has 0 saturated carbocycles. The zero-order chi connectivity index (χ0) is 12.3. The minimum Gasteiger partial charge on any atom is -0.329 e. The number of aryl methyl sites for hydroxylation is 1. The lowest BCUT2D eigenvalue weighted by molar-refractivity contribution is 0.0988. The number of aromatic nitrogens is 2. The van der Waals surface area contributed by atoms with Gasteiger partial charge in [0.15, 0.2) is 0 Å². The van der Waals surface area contributed by atoms with E-state index < -0.39 is 0 Å². The fraction of sp³-hybridized carbons (Fsp3) is 0.769. The fourth-order valence-electron chi connectivity index (χ4n) is 2.86.